The number of quaternary nitrogens is 1. The van der Waals surface area contributed by atoms with Crippen LogP contribution in [0.2, 0.25) is 0 Å². The van der Waals surface area contributed by atoms with Gasteiger partial charge in [-0.3, -0.25) is 4.57 Å². The summed E-state index contributed by atoms with van der Waals surface area (Å²) in [5.41, 5.74) is 0. The molecule has 2 rings (SSSR count). The average Bonchev–Trinajstić information content (AvgIpc) is 3.02. The molecule has 0 aromatic carbocycles. The van der Waals surface area contributed by atoms with E-state index >= 15 is 0 Å². The van der Waals surface area contributed by atoms with Crippen LogP contribution in [-0.2, 0) is 18.3 Å². The number of hydrogen-bond acceptors (Lipinski definition) is 6. The maximum absolute atomic E-state index is 12.6. The predicted octanol–water partition coefficient (Wildman–Crippen LogP) is 7.73. The Morgan fingerprint density at radius 1 is 0.842 bits per heavy atom. The van der Waals surface area contributed by atoms with E-state index in [0.29, 0.717) is 18.7 Å². The molecule has 0 aromatic rings. The number of unbranched alkanes of at least 4 members (excludes halogenated alkanes) is 13. The summed E-state index contributed by atoms with van der Waals surface area (Å²) < 4.78 is 29.8. The van der Waals surface area contributed by atoms with E-state index in [2.05, 4.69) is 21.0 Å². The summed E-state index contributed by atoms with van der Waals surface area (Å²) in [6, 6.07) is 0.984. The van der Waals surface area contributed by atoms with Gasteiger partial charge in [-0.05, 0) is 12.2 Å². The van der Waals surface area contributed by atoms with Gasteiger partial charge < -0.3 is 23.2 Å². The fourth-order valence-electron chi connectivity index (χ4n) is 6.36. The van der Waals surface area contributed by atoms with Gasteiger partial charge in [-0.2, -0.15) is 11.8 Å². The van der Waals surface area contributed by atoms with Crippen molar-refractivity contribution < 1.29 is 27.7 Å². The summed E-state index contributed by atoms with van der Waals surface area (Å²) in [5, 5.41) is 0. The van der Waals surface area contributed by atoms with E-state index in [-0.39, 0.29) is 18.6 Å². The smallest absolute Gasteiger partial charge is 0.268 e. The largest absolute Gasteiger partial charge is 0.756 e. The summed E-state index contributed by atoms with van der Waals surface area (Å²) in [5.74, 6) is 2.02. The summed E-state index contributed by atoms with van der Waals surface area (Å²) in [4.78, 5) is 12.6. The molecule has 0 radical (unpaired) electrons. The minimum absolute atomic E-state index is 0.0562. The SMILES string of the molecule is CCCCCCCCCCCCCCCCSCC(COC)COP(=O)([O-])OC1CC2CCC(C1)[N+]2(C)C. The number of ether oxygens (including phenoxy) is 1. The molecule has 6 nitrogen and oxygen atoms in total. The van der Waals surface area contributed by atoms with E-state index in [0.717, 1.165) is 41.7 Å². The Hall–Kier alpha value is 0.380. The Morgan fingerprint density at radius 2 is 1.34 bits per heavy atom. The normalized spacial score (nSPS) is 24.9. The molecule has 4 unspecified atom stereocenters. The minimum Gasteiger partial charge on any atom is -0.756 e. The van der Waals surface area contributed by atoms with Crippen LogP contribution >= 0.6 is 19.6 Å². The third kappa shape index (κ3) is 13.8. The van der Waals surface area contributed by atoms with E-state index in [4.69, 9.17) is 13.8 Å². The molecule has 2 aliphatic heterocycles. The van der Waals surface area contributed by atoms with E-state index in [9.17, 15) is 9.46 Å². The van der Waals surface area contributed by atoms with Crippen LogP contribution in [0.15, 0.2) is 0 Å². The summed E-state index contributed by atoms with van der Waals surface area (Å²) in [6.07, 6.45) is 22.9. The molecule has 0 aromatic heterocycles. The van der Waals surface area contributed by atoms with Crippen molar-refractivity contribution >= 4 is 19.6 Å². The number of phosphoric ester groups is 1. The molecule has 226 valence electrons. The van der Waals surface area contributed by atoms with Gasteiger partial charge >= 0.3 is 0 Å². The molecule has 0 aliphatic carbocycles. The van der Waals surface area contributed by atoms with Gasteiger partial charge in [0.05, 0.1) is 45.5 Å². The second-order valence-electron chi connectivity index (χ2n) is 12.4. The Balaban J connectivity index is 1.46. The van der Waals surface area contributed by atoms with Crippen molar-refractivity contribution in [3.63, 3.8) is 0 Å². The Bertz CT molecular complexity index is 636. The fourth-order valence-corrected chi connectivity index (χ4v) is 8.45. The van der Waals surface area contributed by atoms with Gasteiger partial charge in [-0.25, -0.2) is 0 Å². The number of fused-ring (bicyclic) bond motifs is 2. The first kappa shape index (κ1) is 34.6. The number of thioether (sulfide) groups is 1. The molecule has 2 heterocycles. The van der Waals surface area contributed by atoms with Gasteiger partial charge in [0, 0.05) is 44.5 Å². The van der Waals surface area contributed by atoms with E-state index in [1.807, 2.05) is 11.8 Å². The van der Waals surface area contributed by atoms with Crippen molar-refractivity contribution in [3.05, 3.63) is 0 Å². The molecule has 8 heteroatoms. The Labute approximate surface area is 239 Å². The van der Waals surface area contributed by atoms with Gasteiger partial charge in [0.1, 0.15) is 0 Å². The van der Waals surface area contributed by atoms with Gasteiger partial charge in [0.25, 0.3) is 7.82 Å². The van der Waals surface area contributed by atoms with Crippen LogP contribution in [0, 0.1) is 5.92 Å². The summed E-state index contributed by atoms with van der Waals surface area (Å²) >= 11 is 1.89. The number of phosphoric acid groups is 1. The highest BCUT2D eigenvalue weighted by atomic mass is 32.2. The molecule has 2 bridgehead atoms. The van der Waals surface area contributed by atoms with Crippen molar-refractivity contribution in [2.45, 2.75) is 141 Å². The molecule has 38 heavy (non-hydrogen) atoms. The van der Waals surface area contributed by atoms with Gasteiger partial charge in [0.2, 0.25) is 0 Å². The molecule has 2 aliphatic rings. The van der Waals surface area contributed by atoms with E-state index in [1.165, 1.54) is 89.9 Å². The van der Waals surface area contributed by atoms with Gasteiger partial charge in [-0.15, -0.1) is 0 Å². The van der Waals surface area contributed by atoms with Crippen LogP contribution in [0.4, 0.5) is 0 Å². The lowest BCUT2D eigenvalue weighted by molar-refractivity contribution is -0.931. The first-order valence-electron chi connectivity index (χ1n) is 15.8. The maximum atomic E-state index is 12.6. The van der Waals surface area contributed by atoms with Crippen molar-refractivity contribution in [3.8, 4) is 0 Å². The number of piperidine rings is 1. The monoisotopic (exact) mass is 577 g/mol. The Kier molecular flexibility index (Phi) is 17.7. The molecule has 2 fully saturated rings. The quantitative estimate of drug-likeness (QED) is 0.0664. The molecule has 2 saturated heterocycles. The van der Waals surface area contributed by atoms with Crippen LogP contribution in [0.25, 0.3) is 0 Å². The molecule has 4 atom stereocenters. The molecule has 0 amide bonds. The third-order valence-corrected chi connectivity index (χ3v) is 11.2. The highest BCUT2D eigenvalue weighted by molar-refractivity contribution is 7.99. The third-order valence-electron chi connectivity index (χ3n) is 8.93. The standard InChI is InChI=1S/C30H60NO5PS/c1-5-6-7-8-9-10-11-12-13-14-15-16-17-18-21-38-26-27(24-34-4)25-35-37(32,33)36-30-22-28-19-20-29(23-30)31(28,2)3/h27-30H,5-26H2,1-4H3. The number of methoxy groups -OCH3 is 1. The van der Waals surface area contributed by atoms with E-state index < -0.39 is 7.82 Å². The first-order valence-corrected chi connectivity index (χ1v) is 18.4. The first-order chi connectivity index (χ1) is 18.3. The number of nitrogens with zero attached hydrogens (tertiary/aromatic N) is 1. The second-order valence-corrected chi connectivity index (χ2v) is 15.0. The van der Waals surface area contributed by atoms with Gasteiger partial charge in [-0.1, -0.05) is 90.4 Å². The average molecular weight is 578 g/mol. The number of hydrogen-bond donors (Lipinski definition) is 0. The topological polar surface area (TPSA) is 67.8 Å². The zero-order valence-corrected chi connectivity index (χ0v) is 26.9. The van der Waals surface area contributed by atoms with Crippen molar-refractivity contribution in [1.29, 1.82) is 0 Å². The molecular weight excluding hydrogens is 517 g/mol. The predicted molar refractivity (Wildman–Crippen MR) is 160 cm³/mol. The lowest BCUT2D eigenvalue weighted by Gasteiger charge is -2.45. The summed E-state index contributed by atoms with van der Waals surface area (Å²) in [6.45, 7) is 2.92. The zero-order valence-electron chi connectivity index (χ0n) is 25.2. The number of rotatable bonds is 24. The Morgan fingerprint density at radius 3 is 1.84 bits per heavy atom. The van der Waals surface area contributed by atoms with Crippen LogP contribution < -0.4 is 4.89 Å². The fraction of sp³-hybridized carbons (Fsp3) is 1.00. The van der Waals surface area contributed by atoms with Crippen molar-refractivity contribution in [2.75, 3.05) is 45.9 Å². The van der Waals surface area contributed by atoms with Crippen LogP contribution in [0.3, 0.4) is 0 Å². The molecule has 0 saturated carbocycles. The van der Waals surface area contributed by atoms with E-state index in [1.54, 1.807) is 7.11 Å². The molecular formula is C30H60NO5PS. The molecule has 0 N–H and O–H groups in total. The highest BCUT2D eigenvalue weighted by Crippen LogP contribution is 2.47. The summed E-state index contributed by atoms with van der Waals surface area (Å²) in [7, 11) is 1.88. The van der Waals surface area contributed by atoms with Crippen molar-refractivity contribution in [1.82, 2.24) is 0 Å². The minimum atomic E-state index is -4.30. The van der Waals surface area contributed by atoms with Gasteiger partial charge in [0.15, 0.2) is 0 Å². The van der Waals surface area contributed by atoms with Crippen LogP contribution in [-0.4, -0.2) is 68.6 Å². The lowest BCUT2D eigenvalue weighted by atomic mass is 9.98. The van der Waals surface area contributed by atoms with Crippen LogP contribution in [0.5, 0.6) is 0 Å². The van der Waals surface area contributed by atoms with Crippen LogP contribution in [0.1, 0.15) is 122 Å². The van der Waals surface area contributed by atoms with Crippen molar-refractivity contribution in [2.24, 2.45) is 5.92 Å². The maximum Gasteiger partial charge on any atom is 0.268 e. The zero-order chi connectivity index (χ0) is 27.7. The lowest BCUT2D eigenvalue weighted by Crippen LogP contribution is -2.56. The molecule has 0 spiro atoms. The highest BCUT2D eigenvalue weighted by Gasteiger charge is 2.49. The second kappa shape index (κ2) is 19.5.